The maximum absolute atomic E-state index is 12.4. The minimum Gasteiger partial charge on any atom is -0.457 e. The van der Waals surface area contributed by atoms with Crippen LogP contribution in [-0.2, 0) is 14.9 Å². The number of benzene rings is 2. The summed E-state index contributed by atoms with van der Waals surface area (Å²) >= 11 is 0. The molecule has 0 aliphatic carbocycles. The predicted molar refractivity (Wildman–Crippen MR) is 102 cm³/mol. The van der Waals surface area contributed by atoms with Gasteiger partial charge in [0.2, 0.25) is 5.91 Å². The second-order valence-corrected chi connectivity index (χ2v) is 7.04. The number of carbonyl (C=O) groups excluding carboxylic acids is 2. The van der Waals surface area contributed by atoms with Crippen molar-refractivity contribution in [2.45, 2.75) is 19.3 Å². The summed E-state index contributed by atoms with van der Waals surface area (Å²) in [6.07, 6.45) is 0. The summed E-state index contributed by atoms with van der Waals surface area (Å²) in [6, 6.07) is 14.3. The van der Waals surface area contributed by atoms with E-state index in [-0.39, 0.29) is 11.8 Å². The van der Waals surface area contributed by atoms with Crippen LogP contribution in [0.15, 0.2) is 48.5 Å². The number of hydrogen-bond acceptors (Lipinski definition) is 4. The van der Waals surface area contributed by atoms with E-state index in [0.717, 1.165) is 5.56 Å². The van der Waals surface area contributed by atoms with Crippen LogP contribution in [0.4, 0.5) is 0 Å². The maximum Gasteiger partial charge on any atom is 0.254 e. The molecule has 27 heavy (non-hydrogen) atoms. The lowest BCUT2D eigenvalue weighted by Gasteiger charge is -2.26. The quantitative estimate of drug-likeness (QED) is 0.880. The number of hydrogen-bond donors (Lipinski definition) is 1. The highest BCUT2D eigenvalue weighted by molar-refractivity contribution is 5.94. The molecule has 0 atom stereocenters. The van der Waals surface area contributed by atoms with Gasteiger partial charge in [-0.15, -0.1) is 0 Å². The van der Waals surface area contributed by atoms with Crippen molar-refractivity contribution < 1.29 is 19.1 Å². The van der Waals surface area contributed by atoms with Gasteiger partial charge < -0.3 is 20.1 Å². The number of nitrogens with two attached hydrogens (primary N) is 1. The van der Waals surface area contributed by atoms with Gasteiger partial charge in [-0.1, -0.05) is 12.1 Å². The summed E-state index contributed by atoms with van der Waals surface area (Å²) in [5.41, 5.74) is 6.17. The van der Waals surface area contributed by atoms with Gasteiger partial charge in [0.15, 0.2) is 0 Å². The molecule has 2 N–H and O–H groups in total. The number of ether oxygens (including phenoxy) is 2. The summed E-state index contributed by atoms with van der Waals surface area (Å²) in [5, 5.41) is 0. The molecular weight excluding hydrogens is 344 g/mol. The van der Waals surface area contributed by atoms with Crippen LogP contribution in [0.1, 0.15) is 29.8 Å². The number of rotatable bonds is 5. The molecule has 1 fully saturated rings. The second-order valence-electron chi connectivity index (χ2n) is 7.04. The predicted octanol–water partition coefficient (Wildman–Crippen LogP) is 2.71. The van der Waals surface area contributed by atoms with Gasteiger partial charge >= 0.3 is 0 Å². The van der Waals surface area contributed by atoms with E-state index < -0.39 is 5.41 Å². The molecule has 1 saturated heterocycles. The molecule has 142 valence electrons. The molecule has 1 aliphatic heterocycles. The van der Waals surface area contributed by atoms with Crippen LogP contribution < -0.4 is 10.5 Å². The Kier molecular flexibility index (Phi) is 5.46. The molecule has 0 spiro atoms. The molecular formula is C21H24N2O4. The molecule has 0 saturated carbocycles. The summed E-state index contributed by atoms with van der Waals surface area (Å²) in [7, 11) is 0. The Hall–Kier alpha value is -2.86. The second kappa shape index (κ2) is 7.80. The van der Waals surface area contributed by atoms with Crippen LogP contribution in [0, 0.1) is 0 Å². The first-order valence-corrected chi connectivity index (χ1v) is 8.93. The van der Waals surface area contributed by atoms with Crippen molar-refractivity contribution in [2.75, 3.05) is 26.3 Å². The monoisotopic (exact) mass is 368 g/mol. The van der Waals surface area contributed by atoms with Crippen molar-refractivity contribution >= 4 is 11.8 Å². The van der Waals surface area contributed by atoms with Crippen LogP contribution in [0.5, 0.6) is 11.5 Å². The topological polar surface area (TPSA) is 81.9 Å². The van der Waals surface area contributed by atoms with Gasteiger partial charge in [-0.2, -0.15) is 0 Å². The van der Waals surface area contributed by atoms with Gasteiger partial charge in [-0.3, -0.25) is 9.59 Å². The lowest BCUT2D eigenvalue weighted by Crippen LogP contribution is -2.40. The molecule has 3 rings (SSSR count). The third kappa shape index (κ3) is 4.28. The fraction of sp³-hybridized carbons (Fsp3) is 0.333. The fourth-order valence-electron chi connectivity index (χ4n) is 2.83. The number of morpholine rings is 1. The average molecular weight is 368 g/mol. The normalized spacial score (nSPS) is 14.7. The Bertz CT molecular complexity index is 807. The highest BCUT2D eigenvalue weighted by Gasteiger charge is 2.27. The molecule has 0 unspecified atom stereocenters. The highest BCUT2D eigenvalue weighted by Crippen LogP contribution is 2.27. The third-order valence-corrected chi connectivity index (χ3v) is 4.83. The van der Waals surface area contributed by atoms with Crippen LogP contribution in [0.25, 0.3) is 0 Å². The molecule has 2 amide bonds. The SMILES string of the molecule is CC(C)(C(N)=O)c1ccc(Oc2ccc(C(=O)N3CCOCC3)cc2)cc1. The Morgan fingerprint density at radius 1 is 0.963 bits per heavy atom. The fourth-order valence-corrected chi connectivity index (χ4v) is 2.83. The third-order valence-electron chi connectivity index (χ3n) is 4.83. The Labute approximate surface area is 158 Å². The van der Waals surface area contributed by atoms with E-state index >= 15 is 0 Å². The van der Waals surface area contributed by atoms with Crippen molar-refractivity contribution in [2.24, 2.45) is 5.73 Å². The van der Waals surface area contributed by atoms with Gasteiger partial charge in [0, 0.05) is 18.7 Å². The number of nitrogens with zero attached hydrogens (tertiary/aromatic N) is 1. The van der Waals surface area contributed by atoms with E-state index in [4.69, 9.17) is 15.2 Å². The molecule has 0 radical (unpaired) electrons. The average Bonchev–Trinajstić information content (AvgIpc) is 2.69. The first kappa shape index (κ1) is 18.9. The summed E-state index contributed by atoms with van der Waals surface area (Å²) in [5.74, 6) is 0.904. The number of carbonyl (C=O) groups is 2. The first-order valence-electron chi connectivity index (χ1n) is 8.93. The Balaban J connectivity index is 1.66. The maximum atomic E-state index is 12.4. The smallest absolute Gasteiger partial charge is 0.254 e. The van der Waals surface area contributed by atoms with Crippen LogP contribution in [0.2, 0.25) is 0 Å². The molecule has 6 heteroatoms. The zero-order valence-corrected chi connectivity index (χ0v) is 15.6. The van der Waals surface area contributed by atoms with E-state index in [0.29, 0.717) is 43.4 Å². The van der Waals surface area contributed by atoms with Crippen LogP contribution in [-0.4, -0.2) is 43.0 Å². The van der Waals surface area contributed by atoms with Crippen LogP contribution in [0.3, 0.4) is 0 Å². The van der Waals surface area contributed by atoms with E-state index in [1.54, 1.807) is 55.1 Å². The standard InChI is InChI=1S/C21H24N2O4/c1-21(2,20(22)25)16-5-9-18(10-6-16)27-17-7-3-15(4-8-17)19(24)23-11-13-26-14-12-23/h3-10H,11-14H2,1-2H3,(H2,22,25). The van der Waals surface area contributed by atoms with Gasteiger partial charge in [-0.25, -0.2) is 0 Å². The van der Waals surface area contributed by atoms with Gasteiger partial charge in [0.1, 0.15) is 11.5 Å². The molecule has 1 aliphatic rings. The molecule has 0 bridgehead atoms. The molecule has 1 heterocycles. The molecule has 6 nitrogen and oxygen atoms in total. The van der Waals surface area contributed by atoms with E-state index in [1.165, 1.54) is 0 Å². The van der Waals surface area contributed by atoms with E-state index in [2.05, 4.69) is 0 Å². The summed E-state index contributed by atoms with van der Waals surface area (Å²) in [6.45, 7) is 5.96. The summed E-state index contributed by atoms with van der Waals surface area (Å²) in [4.78, 5) is 25.8. The lowest BCUT2D eigenvalue weighted by atomic mass is 9.84. The number of amides is 2. The highest BCUT2D eigenvalue weighted by atomic mass is 16.5. The van der Waals surface area contributed by atoms with Crippen molar-refractivity contribution in [3.05, 3.63) is 59.7 Å². The lowest BCUT2D eigenvalue weighted by molar-refractivity contribution is -0.122. The number of primary amides is 1. The van der Waals surface area contributed by atoms with Crippen molar-refractivity contribution in [3.63, 3.8) is 0 Å². The zero-order valence-electron chi connectivity index (χ0n) is 15.6. The van der Waals surface area contributed by atoms with Crippen LogP contribution >= 0.6 is 0 Å². The van der Waals surface area contributed by atoms with Gasteiger partial charge in [-0.05, 0) is 55.8 Å². The zero-order chi connectivity index (χ0) is 19.4. The molecule has 2 aromatic rings. The van der Waals surface area contributed by atoms with E-state index in [9.17, 15) is 9.59 Å². The van der Waals surface area contributed by atoms with Crippen molar-refractivity contribution in [1.82, 2.24) is 4.90 Å². The largest absolute Gasteiger partial charge is 0.457 e. The Morgan fingerprint density at radius 3 is 2.00 bits per heavy atom. The summed E-state index contributed by atoms with van der Waals surface area (Å²) < 4.78 is 11.1. The van der Waals surface area contributed by atoms with Gasteiger partial charge in [0.05, 0.1) is 18.6 Å². The van der Waals surface area contributed by atoms with Crippen molar-refractivity contribution in [3.8, 4) is 11.5 Å². The van der Waals surface area contributed by atoms with E-state index in [1.807, 2.05) is 12.1 Å². The minimum atomic E-state index is -0.736. The molecule has 0 aromatic heterocycles. The van der Waals surface area contributed by atoms with Gasteiger partial charge in [0.25, 0.3) is 5.91 Å². The van der Waals surface area contributed by atoms with Crippen molar-refractivity contribution in [1.29, 1.82) is 0 Å². The minimum absolute atomic E-state index is 0.00267. The first-order chi connectivity index (χ1) is 12.9. The molecule has 2 aromatic carbocycles. The Morgan fingerprint density at radius 2 is 1.48 bits per heavy atom.